The predicted octanol–water partition coefficient (Wildman–Crippen LogP) is -7.89. The largest absolute Gasteiger partial charge is 0.481 e. The maximum atomic E-state index is 14.4. The smallest absolute Gasteiger partial charge is 0.326 e. The van der Waals surface area contributed by atoms with Gasteiger partial charge in [0.1, 0.15) is 54.4 Å². The maximum absolute atomic E-state index is 14.4. The van der Waals surface area contributed by atoms with Crippen LogP contribution in [-0.2, 0) is 71.9 Å². The lowest BCUT2D eigenvalue weighted by Crippen LogP contribution is -2.61. The van der Waals surface area contributed by atoms with Crippen molar-refractivity contribution < 1.29 is 92.3 Å². The van der Waals surface area contributed by atoms with Crippen LogP contribution in [-0.4, -0.2) is 200 Å². The number of guanidine groups is 1. The summed E-state index contributed by atoms with van der Waals surface area (Å²) >= 11 is 0. The van der Waals surface area contributed by atoms with Crippen LogP contribution >= 0.6 is 0 Å². The van der Waals surface area contributed by atoms with Crippen LogP contribution in [0.1, 0.15) is 118 Å². The number of primary amides is 3. The number of hydrogen-bond acceptors (Lipinski definition) is 18. The van der Waals surface area contributed by atoms with Gasteiger partial charge in [0.2, 0.25) is 70.9 Å². The molecule has 0 aromatic heterocycles. The highest BCUT2D eigenvalue weighted by Crippen LogP contribution is 2.21. The monoisotopic (exact) mass is 1180 g/mol. The molecule has 35 nitrogen and oxygen atoms in total. The minimum Gasteiger partial charge on any atom is -0.481 e. The molecular weight excluding hydrogens is 1100 g/mol. The van der Waals surface area contributed by atoms with E-state index in [1.165, 1.54) is 6.92 Å². The molecule has 466 valence electrons. The van der Waals surface area contributed by atoms with Crippen molar-refractivity contribution >= 4 is 94.8 Å². The van der Waals surface area contributed by atoms with Gasteiger partial charge in [-0.2, -0.15) is 0 Å². The summed E-state index contributed by atoms with van der Waals surface area (Å²) in [7, 11) is 0. The van der Waals surface area contributed by atoms with Crippen molar-refractivity contribution in [2.24, 2.45) is 34.6 Å². The molecule has 1 fully saturated rings. The van der Waals surface area contributed by atoms with Crippen molar-refractivity contribution in [2.75, 3.05) is 13.1 Å². The first-order valence-electron chi connectivity index (χ1n) is 26.4. The fourth-order valence-corrected chi connectivity index (χ4v) is 8.15. The third-order valence-corrected chi connectivity index (χ3v) is 12.5. The molecule has 11 atom stereocenters. The van der Waals surface area contributed by atoms with Gasteiger partial charge in [0.15, 0.2) is 5.96 Å². The van der Waals surface area contributed by atoms with Crippen molar-refractivity contribution in [3.05, 3.63) is 0 Å². The molecule has 1 rings (SSSR count). The third-order valence-electron chi connectivity index (χ3n) is 12.5. The Morgan fingerprint density at radius 2 is 0.988 bits per heavy atom. The number of amides is 12. The molecule has 0 aliphatic carbocycles. The van der Waals surface area contributed by atoms with E-state index in [1.54, 1.807) is 13.8 Å². The lowest BCUT2D eigenvalue weighted by molar-refractivity contribution is -0.143. The Bertz CT molecular complexity index is 2390. The summed E-state index contributed by atoms with van der Waals surface area (Å²) in [5, 5.41) is 66.9. The Balaban J connectivity index is 3.40. The second-order valence-corrected chi connectivity index (χ2v) is 20.1. The van der Waals surface area contributed by atoms with Gasteiger partial charge in [-0.3, -0.25) is 72.5 Å². The van der Waals surface area contributed by atoms with E-state index in [9.17, 15) is 87.2 Å². The zero-order valence-electron chi connectivity index (χ0n) is 46.5. The van der Waals surface area contributed by atoms with Crippen LogP contribution < -0.4 is 76.5 Å². The molecule has 0 bridgehead atoms. The summed E-state index contributed by atoms with van der Waals surface area (Å²) in [5.41, 5.74) is 26.7. The summed E-state index contributed by atoms with van der Waals surface area (Å²) in [6.45, 7) is 5.65. The molecule has 83 heavy (non-hydrogen) atoms. The Hall–Kier alpha value is -8.76. The van der Waals surface area contributed by atoms with E-state index in [-0.39, 0.29) is 51.1 Å². The van der Waals surface area contributed by atoms with Crippen LogP contribution in [0.25, 0.3) is 0 Å². The first-order chi connectivity index (χ1) is 38.6. The molecule has 12 amide bonds. The number of likely N-dealkylation sites (tertiary alicyclic amines) is 1. The van der Waals surface area contributed by atoms with E-state index in [0.29, 0.717) is 0 Å². The number of aliphatic carboxylic acids is 3. The zero-order valence-corrected chi connectivity index (χ0v) is 46.5. The van der Waals surface area contributed by atoms with Crippen LogP contribution in [0.4, 0.5) is 0 Å². The lowest BCUT2D eigenvalue weighted by Gasteiger charge is -2.31. The highest BCUT2D eigenvalue weighted by atomic mass is 16.4. The van der Waals surface area contributed by atoms with Gasteiger partial charge >= 0.3 is 17.9 Å². The van der Waals surface area contributed by atoms with Gasteiger partial charge in [0, 0.05) is 38.8 Å². The number of carboxylic acid groups (broad SMARTS) is 3. The molecule has 24 N–H and O–H groups in total. The highest BCUT2D eigenvalue weighted by molar-refractivity contribution is 5.99. The number of carboxylic acids is 3. The minimum absolute atomic E-state index is 0.0272. The number of nitrogens with one attached hydrogen (secondary N) is 10. The van der Waals surface area contributed by atoms with Crippen LogP contribution in [0.3, 0.4) is 0 Å². The average Bonchev–Trinajstić information content (AvgIpc) is 3.92. The van der Waals surface area contributed by atoms with E-state index in [2.05, 4.69) is 47.9 Å². The molecule has 1 aliphatic heterocycles. The summed E-state index contributed by atoms with van der Waals surface area (Å²) in [6.07, 6.45) is -6.55. The molecule has 0 spiro atoms. The number of aliphatic hydroxyl groups excluding tert-OH is 1. The van der Waals surface area contributed by atoms with Crippen molar-refractivity contribution in [1.29, 1.82) is 5.41 Å². The molecule has 1 aliphatic rings. The van der Waals surface area contributed by atoms with Gasteiger partial charge in [0.25, 0.3) is 0 Å². The van der Waals surface area contributed by atoms with E-state index < -0.39 is 219 Å². The second kappa shape index (κ2) is 35.9. The Labute approximate surface area is 476 Å². The minimum atomic E-state index is -1.94. The molecule has 0 saturated carbocycles. The van der Waals surface area contributed by atoms with E-state index in [4.69, 9.17) is 39.2 Å². The number of nitrogens with two attached hydrogens (primary N) is 5. The lowest BCUT2D eigenvalue weighted by atomic mass is 10.0. The van der Waals surface area contributed by atoms with E-state index >= 15 is 0 Å². The van der Waals surface area contributed by atoms with Crippen LogP contribution in [0, 0.1) is 11.3 Å². The van der Waals surface area contributed by atoms with Crippen molar-refractivity contribution in [2.45, 2.75) is 184 Å². The average molecular weight is 1190 g/mol. The molecule has 1 saturated heterocycles. The molecule has 0 unspecified atom stereocenters. The number of rotatable bonds is 39. The number of aliphatic hydroxyl groups is 1. The Kier molecular flexibility index (Phi) is 31.2. The summed E-state index contributed by atoms with van der Waals surface area (Å²) < 4.78 is 0. The molecule has 0 aromatic rings. The SMILES string of the molecule is CC(C)C[C@H](NC(=O)[C@H](C)NC(=O)[C@H](CCC(N)=O)NC(=O)[C@@H](NC(=O)[C@H](CCC(=O)O)NC(=O)[C@@H](N)CC(=O)O)[C@@H](C)O)C(=O)N1CCC[C@H]1C(=O)N[C@@H](CCC(N)=O)C(=O)N[C@@H](CCCNC(=N)N)C(=O)N[C@@H](CCC(N)=O)C(=O)O. The molecule has 35 heteroatoms. The fourth-order valence-electron chi connectivity index (χ4n) is 8.15. The second-order valence-electron chi connectivity index (χ2n) is 20.1. The van der Waals surface area contributed by atoms with Crippen molar-refractivity contribution in [3.63, 3.8) is 0 Å². The predicted molar refractivity (Wildman–Crippen MR) is 286 cm³/mol. The Morgan fingerprint density at radius 3 is 1.47 bits per heavy atom. The molecule has 0 aromatic carbocycles. The first-order valence-corrected chi connectivity index (χ1v) is 26.4. The quantitative estimate of drug-likeness (QED) is 0.0154. The third kappa shape index (κ3) is 27.5. The van der Waals surface area contributed by atoms with Gasteiger partial charge < -0.3 is 102 Å². The number of carbonyl (C=O) groups is 15. The fraction of sp³-hybridized carbons (Fsp3) is 0.667. The van der Waals surface area contributed by atoms with Gasteiger partial charge in [-0.15, -0.1) is 0 Å². The number of hydrogen-bond donors (Lipinski definition) is 19. The van der Waals surface area contributed by atoms with Crippen molar-refractivity contribution in [1.82, 2.24) is 52.8 Å². The maximum Gasteiger partial charge on any atom is 0.326 e. The van der Waals surface area contributed by atoms with E-state index in [0.717, 1.165) is 11.8 Å². The van der Waals surface area contributed by atoms with E-state index in [1.807, 2.05) is 0 Å². The molecule has 1 heterocycles. The molecular formula is C48H80N16O19. The van der Waals surface area contributed by atoms with Gasteiger partial charge in [-0.05, 0) is 77.6 Å². The van der Waals surface area contributed by atoms with Gasteiger partial charge in [0.05, 0.1) is 18.6 Å². The van der Waals surface area contributed by atoms with Crippen LogP contribution in [0.2, 0.25) is 0 Å². The van der Waals surface area contributed by atoms with Crippen molar-refractivity contribution in [3.8, 4) is 0 Å². The van der Waals surface area contributed by atoms with Crippen LogP contribution in [0.15, 0.2) is 0 Å². The first kappa shape index (κ1) is 72.3. The normalized spacial score (nSPS) is 16.4. The van der Waals surface area contributed by atoms with Gasteiger partial charge in [-0.25, -0.2) is 4.79 Å². The standard InChI is InChI=1S/C48H80N16O19/c1-21(2)19-30(62-38(73)22(3)56-40(75)26(9-13-32(50)66)60-45(80)37(23(4)65)63-43(78)28(12-16-35(69)70)57-39(74)24(49)20-36(71)72)46(81)64-18-6-8-31(64)44(79)59-27(10-14-33(51)67)42(77)58-25(7-5-17-55-48(53)54)41(76)61-29(47(82)83)11-15-34(52)68/h21-31,37,65H,5-20,49H2,1-4H3,(H2,50,66)(H2,51,67)(H2,52,68)(H,56,75)(H,57,74)(H,58,77)(H,59,79)(H,60,80)(H,61,76)(H,62,73)(H,63,78)(H,69,70)(H,71,72)(H,82,83)(H4,53,54,55)/t22-,23+,24-,25-,26-,27-,28-,29-,30-,31-,37-/m0/s1. The number of nitrogens with zero attached hydrogens (tertiary/aromatic N) is 1. The summed E-state index contributed by atoms with van der Waals surface area (Å²) in [4.78, 5) is 194. The Morgan fingerprint density at radius 1 is 0.542 bits per heavy atom. The highest BCUT2D eigenvalue weighted by Gasteiger charge is 2.41. The summed E-state index contributed by atoms with van der Waals surface area (Å²) in [6, 6.07) is -15.9. The van der Waals surface area contributed by atoms with Crippen LogP contribution in [0.5, 0.6) is 0 Å². The van der Waals surface area contributed by atoms with Gasteiger partial charge in [-0.1, -0.05) is 13.8 Å². The zero-order chi connectivity index (χ0) is 63.4. The number of carbonyl (C=O) groups excluding carboxylic acids is 12. The summed E-state index contributed by atoms with van der Waals surface area (Å²) in [5.74, 6) is -17.3. The topological polar surface area (TPSA) is 602 Å². The molecule has 0 radical (unpaired) electrons.